The Morgan fingerprint density at radius 1 is 1.00 bits per heavy atom. The van der Waals surface area contributed by atoms with E-state index in [1.807, 2.05) is 18.2 Å². The summed E-state index contributed by atoms with van der Waals surface area (Å²) in [6.07, 6.45) is 0. The van der Waals surface area contributed by atoms with Crippen molar-refractivity contribution in [2.45, 2.75) is 32.2 Å². The minimum Gasteiger partial charge on any atom is -0.309 e. The summed E-state index contributed by atoms with van der Waals surface area (Å²) >= 11 is 0. The normalized spacial score (nSPS) is 13.2. The van der Waals surface area contributed by atoms with Gasteiger partial charge in [-0.15, -0.1) is 0 Å². The Kier molecular flexibility index (Phi) is 4.56. The van der Waals surface area contributed by atoms with Crippen LogP contribution in [0.4, 0.5) is 4.39 Å². The van der Waals surface area contributed by atoms with E-state index in [1.165, 1.54) is 17.7 Å². The van der Waals surface area contributed by atoms with Crippen molar-refractivity contribution in [2.75, 3.05) is 6.54 Å². The van der Waals surface area contributed by atoms with Gasteiger partial charge < -0.3 is 5.32 Å². The van der Waals surface area contributed by atoms with Gasteiger partial charge in [0.2, 0.25) is 0 Å². The summed E-state index contributed by atoms with van der Waals surface area (Å²) < 4.78 is 13.1. The topological polar surface area (TPSA) is 12.0 Å². The highest BCUT2D eigenvalue weighted by Gasteiger charge is 2.31. The van der Waals surface area contributed by atoms with Crippen LogP contribution in [0.15, 0.2) is 54.6 Å². The van der Waals surface area contributed by atoms with E-state index in [1.54, 1.807) is 0 Å². The van der Waals surface area contributed by atoms with Crippen molar-refractivity contribution in [3.05, 3.63) is 71.5 Å². The SMILES string of the molecule is CCNC(c1ccc(F)cc1)C(C)(C)c1ccccc1. The van der Waals surface area contributed by atoms with Crippen LogP contribution in [0.5, 0.6) is 0 Å². The van der Waals surface area contributed by atoms with Gasteiger partial charge >= 0.3 is 0 Å². The molecule has 0 fully saturated rings. The van der Waals surface area contributed by atoms with Crippen LogP contribution >= 0.6 is 0 Å². The summed E-state index contributed by atoms with van der Waals surface area (Å²) in [7, 11) is 0. The molecule has 0 aliphatic heterocycles. The molecule has 2 aromatic rings. The smallest absolute Gasteiger partial charge is 0.123 e. The Morgan fingerprint density at radius 3 is 2.15 bits per heavy atom. The molecule has 106 valence electrons. The zero-order valence-corrected chi connectivity index (χ0v) is 12.4. The molecule has 0 aromatic heterocycles. The first-order valence-corrected chi connectivity index (χ1v) is 7.10. The molecule has 2 heteroatoms. The van der Waals surface area contributed by atoms with Crippen LogP contribution in [0, 0.1) is 5.82 Å². The second-order valence-corrected chi connectivity index (χ2v) is 5.63. The van der Waals surface area contributed by atoms with Crippen LogP contribution in [0.2, 0.25) is 0 Å². The number of likely N-dealkylation sites (N-methyl/N-ethyl adjacent to an activating group) is 1. The number of hydrogen-bond acceptors (Lipinski definition) is 1. The van der Waals surface area contributed by atoms with E-state index in [0.29, 0.717) is 0 Å². The van der Waals surface area contributed by atoms with Crippen molar-refractivity contribution in [1.82, 2.24) is 5.32 Å². The number of nitrogens with one attached hydrogen (secondary N) is 1. The summed E-state index contributed by atoms with van der Waals surface area (Å²) in [5, 5.41) is 3.53. The number of hydrogen-bond donors (Lipinski definition) is 1. The molecule has 1 unspecified atom stereocenters. The molecule has 1 N–H and O–H groups in total. The number of rotatable bonds is 5. The van der Waals surface area contributed by atoms with Crippen LogP contribution < -0.4 is 5.32 Å². The quantitative estimate of drug-likeness (QED) is 0.847. The van der Waals surface area contributed by atoms with Gasteiger partial charge in [0.05, 0.1) is 0 Å². The lowest BCUT2D eigenvalue weighted by molar-refractivity contribution is 0.353. The van der Waals surface area contributed by atoms with Crippen molar-refractivity contribution in [3.63, 3.8) is 0 Å². The average molecular weight is 271 g/mol. The molecule has 0 spiro atoms. The molecule has 0 saturated heterocycles. The monoisotopic (exact) mass is 271 g/mol. The first-order valence-electron chi connectivity index (χ1n) is 7.10. The van der Waals surface area contributed by atoms with Crippen molar-refractivity contribution >= 4 is 0 Å². The van der Waals surface area contributed by atoms with E-state index < -0.39 is 0 Å². The molecule has 0 saturated carbocycles. The van der Waals surface area contributed by atoms with Crippen molar-refractivity contribution in [2.24, 2.45) is 0 Å². The molecule has 0 amide bonds. The molecular weight excluding hydrogens is 249 g/mol. The number of halogens is 1. The zero-order chi connectivity index (χ0) is 14.6. The lowest BCUT2D eigenvalue weighted by atomic mass is 9.75. The van der Waals surface area contributed by atoms with Gasteiger partial charge in [0, 0.05) is 11.5 Å². The molecule has 1 nitrogen and oxygen atoms in total. The van der Waals surface area contributed by atoms with Gasteiger partial charge in [-0.1, -0.05) is 63.2 Å². The molecule has 2 rings (SSSR count). The van der Waals surface area contributed by atoms with E-state index >= 15 is 0 Å². The summed E-state index contributed by atoms with van der Waals surface area (Å²) in [4.78, 5) is 0. The molecule has 0 aliphatic rings. The standard InChI is InChI=1S/C18H22FN/c1-4-20-17(14-10-12-16(19)13-11-14)18(2,3)15-8-6-5-7-9-15/h5-13,17,20H,4H2,1-3H3. The lowest BCUT2D eigenvalue weighted by Gasteiger charge is -2.36. The first kappa shape index (κ1) is 14.7. The Morgan fingerprint density at radius 2 is 1.60 bits per heavy atom. The maximum absolute atomic E-state index is 13.1. The Bertz CT molecular complexity index is 531. The maximum atomic E-state index is 13.1. The van der Waals surface area contributed by atoms with Crippen LogP contribution in [-0.2, 0) is 5.41 Å². The fourth-order valence-corrected chi connectivity index (χ4v) is 2.68. The number of benzene rings is 2. The Balaban J connectivity index is 2.39. The lowest BCUT2D eigenvalue weighted by Crippen LogP contribution is -2.37. The highest BCUT2D eigenvalue weighted by atomic mass is 19.1. The minimum atomic E-state index is -0.193. The highest BCUT2D eigenvalue weighted by Crippen LogP contribution is 2.36. The summed E-state index contributed by atoms with van der Waals surface area (Å²) in [6.45, 7) is 7.41. The van der Waals surface area contributed by atoms with Crippen LogP contribution in [0.1, 0.15) is 37.9 Å². The van der Waals surface area contributed by atoms with Gasteiger partial charge in [-0.3, -0.25) is 0 Å². The summed E-state index contributed by atoms with van der Waals surface area (Å²) in [5.74, 6) is -0.193. The van der Waals surface area contributed by atoms with Gasteiger partial charge in [-0.05, 0) is 29.8 Å². The molecule has 0 aliphatic carbocycles. The van der Waals surface area contributed by atoms with E-state index in [2.05, 4.69) is 50.4 Å². The highest BCUT2D eigenvalue weighted by molar-refractivity contribution is 5.32. The van der Waals surface area contributed by atoms with Gasteiger partial charge in [0.15, 0.2) is 0 Å². The second-order valence-electron chi connectivity index (χ2n) is 5.63. The molecule has 0 bridgehead atoms. The molecular formula is C18H22FN. The third-order valence-electron chi connectivity index (χ3n) is 3.85. The van der Waals surface area contributed by atoms with Crippen LogP contribution in [-0.4, -0.2) is 6.54 Å². The van der Waals surface area contributed by atoms with E-state index in [9.17, 15) is 4.39 Å². The first-order chi connectivity index (χ1) is 9.55. The molecule has 0 radical (unpaired) electrons. The van der Waals surface area contributed by atoms with E-state index in [4.69, 9.17) is 0 Å². The Hall–Kier alpha value is -1.67. The third-order valence-corrected chi connectivity index (χ3v) is 3.85. The van der Waals surface area contributed by atoms with Gasteiger partial charge in [-0.2, -0.15) is 0 Å². The van der Waals surface area contributed by atoms with E-state index in [-0.39, 0.29) is 17.3 Å². The third kappa shape index (κ3) is 3.07. The van der Waals surface area contributed by atoms with Crippen molar-refractivity contribution in [1.29, 1.82) is 0 Å². The van der Waals surface area contributed by atoms with Crippen LogP contribution in [0.3, 0.4) is 0 Å². The molecule has 20 heavy (non-hydrogen) atoms. The minimum absolute atomic E-state index is 0.0743. The fourth-order valence-electron chi connectivity index (χ4n) is 2.68. The largest absolute Gasteiger partial charge is 0.309 e. The predicted molar refractivity (Wildman–Crippen MR) is 82.3 cm³/mol. The van der Waals surface area contributed by atoms with Gasteiger partial charge in [-0.25, -0.2) is 4.39 Å². The van der Waals surface area contributed by atoms with Gasteiger partial charge in [0.1, 0.15) is 5.82 Å². The average Bonchev–Trinajstić information content (AvgIpc) is 2.47. The second kappa shape index (κ2) is 6.19. The van der Waals surface area contributed by atoms with Gasteiger partial charge in [0.25, 0.3) is 0 Å². The van der Waals surface area contributed by atoms with Crippen molar-refractivity contribution in [3.8, 4) is 0 Å². The molecule has 1 atom stereocenters. The molecule has 2 aromatic carbocycles. The van der Waals surface area contributed by atoms with Crippen molar-refractivity contribution < 1.29 is 4.39 Å². The predicted octanol–water partition coefficient (Wildman–Crippen LogP) is 4.45. The van der Waals surface area contributed by atoms with Crippen LogP contribution in [0.25, 0.3) is 0 Å². The van der Waals surface area contributed by atoms with E-state index in [0.717, 1.165) is 12.1 Å². The zero-order valence-electron chi connectivity index (χ0n) is 12.4. The summed E-state index contributed by atoms with van der Waals surface area (Å²) in [5.41, 5.74) is 2.31. The Labute approximate surface area is 120 Å². The maximum Gasteiger partial charge on any atom is 0.123 e. The molecule has 0 heterocycles. The summed E-state index contributed by atoms with van der Waals surface area (Å²) in [6, 6.07) is 17.4. The fraction of sp³-hybridized carbons (Fsp3) is 0.333.